The molecule has 0 aliphatic carbocycles. The molecule has 6 nitrogen and oxygen atoms in total. The largest absolute Gasteiger partial charge is 0.462 e. The van der Waals surface area contributed by atoms with Gasteiger partial charge in [0.2, 0.25) is 5.75 Å². The molecule has 0 unspecified atom stereocenters. The Morgan fingerprint density at radius 2 is 2.15 bits per heavy atom. The Morgan fingerprint density at radius 3 is 2.60 bits per heavy atom. The van der Waals surface area contributed by atoms with Crippen LogP contribution in [0.5, 0.6) is 5.75 Å². The van der Waals surface area contributed by atoms with Crippen LogP contribution >= 0.6 is 11.6 Å². The Morgan fingerprint density at radius 1 is 1.50 bits per heavy atom. The van der Waals surface area contributed by atoms with E-state index in [-0.39, 0.29) is 23.6 Å². The molecule has 0 aliphatic heterocycles. The highest BCUT2D eigenvalue weighted by Gasteiger charge is 2.26. The van der Waals surface area contributed by atoms with E-state index in [1.807, 2.05) is 0 Å². The summed E-state index contributed by atoms with van der Waals surface area (Å²) in [5.74, 6) is -1.89. The first kappa shape index (κ1) is 16.1. The maximum Gasteiger partial charge on any atom is 0.387 e. The molecule has 1 rings (SSSR count). The second-order valence-corrected chi connectivity index (χ2v) is 3.74. The van der Waals surface area contributed by atoms with Crippen LogP contribution in [0.2, 0.25) is 0 Å². The fourth-order valence-electron chi connectivity index (χ4n) is 1.49. The number of carbonyl (C=O) groups excluding carboxylic acids is 1. The van der Waals surface area contributed by atoms with Crippen LogP contribution in [0.15, 0.2) is 12.1 Å². The van der Waals surface area contributed by atoms with E-state index in [4.69, 9.17) is 16.3 Å². The highest BCUT2D eigenvalue weighted by atomic mass is 35.5. The van der Waals surface area contributed by atoms with Gasteiger partial charge in [0.25, 0.3) is 0 Å². The predicted octanol–water partition coefficient (Wildman–Crippen LogP) is 3.11. The molecule has 0 aromatic heterocycles. The summed E-state index contributed by atoms with van der Waals surface area (Å²) in [5, 5.41) is 10.9. The standard InChI is InChI=1S/C11H10ClF2NO5/c1-2-19-10(16)6-3-7(5-12)9(15(17)18)8(4-6)20-11(13)14/h3-4,11H,2,5H2,1H3. The Bertz CT molecular complexity index is 524. The lowest BCUT2D eigenvalue weighted by atomic mass is 10.1. The maximum absolute atomic E-state index is 12.3. The van der Waals surface area contributed by atoms with Crippen LogP contribution in [-0.2, 0) is 10.6 Å². The van der Waals surface area contributed by atoms with Crippen LogP contribution in [0.3, 0.4) is 0 Å². The van der Waals surface area contributed by atoms with Gasteiger partial charge in [0.05, 0.1) is 23.0 Å². The molecule has 0 saturated heterocycles. The van der Waals surface area contributed by atoms with E-state index in [0.29, 0.717) is 0 Å². The maximum atomic E-state index is 12.3. The van der Waals surface area contributed by atoms with E-state index in [1.165, 1.54) is 0 Å². The van der Waals surface area contributed by atoms with Gasteiger partial charge in [0.1, 0.15) is 0 Å². The average Bonchev–Trinajstić information content (AvgIpc) is 2.36. The van der Waals surface area contributed by atoms with Crippen LogP contribution in [0, 0.1) is 10.1 Å². The van der Waals surface area contributed by atoms with E-state index in [0.717, 1.165) is 12.1 Å². The van der Waals surface area contributed by atoms with E-state index >= 15 is 0 Å². The van der Waals surface area contributed by atoms with E-state index in [9.17, 15) is 23.7 Å². The third kappa shape index (κ3) is 3.77. The van der Waals surface area contributed by atoms with Gasteiger partial charge in [-0.3, -0.25) is 10.1 Å². The van der Waals surface area contributed by atoms with Crippen molar-refractivity contribution in [3.05, 3.63) is 33.4 Å². The van der Waals surface area contributed by atoms with Crippen molar-refractivity contribution in [2.75, 3.05) is 6.61 Å². The molecular weight excluding hydrogens is 300 g/mol. The second kappa shape index (κ2) is 6.99. The minimum atomic E-state index is -3.27. The van der Waals surface area contributed by atoms with Crippen molar-refractivity contribution in [3.63, 3.8) is 0 Å². The van der Waals surface area contributed by atoms with Gasteiger partial charge >= 0.3 is 18.3 Å². The summed E-state index contributed by atoms with van der Waals surface area (Å²) in [6.07, 6.45) is 0. The number of hydrogen-bond acceptors (Lipinski definition) is 5. The lowest BCUT2D eigenvalue weighted by Crippen LogP contribution is -2.10. The fraction of sp³-hybridized carbons (Fsp3) is 0.364. The summed E-state index contributed by atoms with van der Waals surface area (Å²) in [6, 6.07) is 1.94. The smallest absolute Gasteiger partial charge is 0.387 e. The summed E-state index contributed by atoms with van der Waals surface area (Å²) < 4.78 is 33.3. The Hall–Kier alpha value is -1.96. The van der Waals surface area contributed by atoms with Crippen molar-refractivity contribution in [2.24, 2.45) is 0 Å². The van der Waals surface area contributed by atoms with Crippen molar-refractivity contribution in [1.82, 2.24) is 0 Å². The highest BCUT2D eigenvalue weighted by molar-refractivity contribution is 6.17. The highest BCUT2D eigenvalue weighted by Crippen LogP contribution is 2.34. The van der Waals surface area contributed by atoms with Crippen molar-refractivity contribution in [1.29, 1.82) is 0 Å². The van der Waals surface area contributed by atoms with Gasteiger partial charge in [-0.05, 0) is 13.0 Å². The molecule has 0 fully saturated rings. The van der Waals surface area contributed by atoms with Crippen LogP contribution in [-0.4, -0.2) is 24.1 Å². The number of hydrogen-bond donors (Lipinski definition) is 0. The molecule has 1 aromatic rings. The predicted molar refractivity (Wildman–Crippen MR) is 65.2 cm³/mol. The van der Waals surface area contributed by atoms with Gasteiger partial charge in [-0.25, -0.2) is 4.79 Å². The van der Waals surface area contributed by atoms with Gasteiger partial charge in [0, 0.05) is 11.6 Å². The molecule has 0 heterocycles. The minimum absolute atomic E-state index is 0.0665. The van der Waals surface area contributed by atoms with Crippen LogP contribution < -0.4 is 4.74 Å². The number of carbonyl (C=O) groups is 1. The summed E-state index contributed by atoms with van der Waals surface area (Å²) in [5.41, 5.74) is -0.963. The third-order valence-corrected chi connectivity index (χ3v) is 2.50. The zero-order chi connectivity index (χ0) is 15.3. The zero-order valence-corrected chi connectivity index (χ0v) is 11.0. The Balaban J connectivity index is 3.38. The molecule has 0 aliphatic rings. The molecular formula is C11H10ClF2NO5. The summed E-state index contributed by atoms with van der Waals surface area (Å²) in [4.78, 5) is 21.6. The van der Waals surface area contributed by atoms with Crippen LogP contribution in [0.1, 0.15) is 22.8 Å². The number of ether oxygens (including phenoxy) is 2. The van der Waals surface area contributed by atoms with Gasteiger partial charge < -0.3 is 9.47 Å². The number of nitro benzene ring substituents is 1. The SMILES string of the molecule is CCOC(=O)c1cc(CCl)c([N+](=O)[O-])c(OC(F)F)c1. The number of benzene rings is 1. The van der Waals surface area contributed by atoms with E-state index in [1.54, 1.807) is 6.92 Å². The molecule has 1 aromatic carbocycles. The quantitative estimate of drug-likeness (QED) is 0.349. The molecule has 9 heteroatoms. The molecule has 0 bridgehead atoms. The first-order valence-electron chi connectivity index (χ1n) is 5.39. The molecule has 20 heavy (non-hydrogen) atoms. The summed E-state index contributed by atoms with van der Waals surface area (Å²) in [7, 11) is 0. The molecule has 0 spiro atoms. The minimum Gasteiger partial charge on any atom is -0.462 e. The zero-order valence-electron chi connectivity index (χ0n) is 10.3. The molecule has 0 atom stereocenters. The lowest BCUT2D eigenvalue weighted by molar-refractivity contribution is -0.387. The van der Waals surface area contributed by atoms with Crippen LogP contribution in [0.4, 0.5) is 14.5 Å². The Kier molecular flexibility index (Phi) is 5.63. The van der Waals surface area contributed by atoms with Crippen molar-refractivity contribution in [2.45, 2.75) is 19.4 Å². The van der Waals surface area contributed by atoms with E-state index in [2.05, 4.69) is 4.74 Å². The van der Waals surface area contributed by atoms with Gasteiger partial charge in [0.15, 0.2) is 0 Å². The van der Waals surface area contributed by atoms with Gasteiger partial charge in [-0.1, -0.05) is 0 Å². The van der Waals surface area contributed by atoms with Crippen molar-refractivity contribution < 1.29 is 28.0 Å². The molecule has 0 saturated carbocycles. The topological polar surface area (TPSA) is 78.7 Å². The second-order valence-electron chi connectivity index (χ2n) is 3.47. The van der Waals surface area contributed by atoms with Crippen molar-refractivity contribution in [3.8, 4) is 5.75 Å². The normalized spacial score (nSPS) is 10.4. The Labute approximate surface area is 117 Å². The molecule has 110 valence electrons. The molecule has 0 radical (unpaired) electrons. The average molecular weight is 310 g/mol. The molecule has 0 N–H and O–H groups in total. The summed E-state index contributed by atoms with van der Waals surface area (Å²) in [6.45, 7) is -1.64. The molecule has 0 amide bonds. The monoisotopic (exact) mass is 309 g/mol. The fourth-order valence-corrected chi connectivity index (χ4v) is 1.70. The number of alkyl halides is 3. The third-order valence-electron chi connectivity index (χ3n) is 2.21. The van der Waals surface area contributed by atoms with Crippen molar-refractivity contribution >= 4 is 23.3 Å². The first-order chi connectivity index (χ1) is 9.40. The lowest BCUT2D eigenvalue weighted by Gasteiger charge is -2.10. The van der Waals surface area contributed by atoms with Crippen LogP contribution in [0.25, 0.3) is 0 Å². The van der Waals surface area contributed by atoms with Gasteiger partial charge in [-0.15, -0.1) is 11.6 Å². The van der Waals surface area contributed by atoms with Gasteiger partial charge in [-0.2, -0.15) is 8.78 Å². The number of halogens is 3. The number of rotatable bonds is 6. The number of nitrogens with zero attached hydrogens (tertiary/aromatic N) is 1. The summed E-state index contributed by atoms with van der Waals surface area (Å²) >= 11 is 5.54. The first-order valence-corrected chi connectivity index (χ1v) is 5.93. The number of esters is 1. The number of nitro groups is 1. The van der Waals surface area contributed by atoms with E-state index < -0.39 is 28.9 Å².